The Hall–Kier alpha value is -1.13. The van der Waals surface area contributed by atoms with Gasteiger partial charge in [-0.05, 0) is 42.8 Å². The molecule has 0 saturated heterocycles. The fraction of sp³-hybridized carbons (Fsp3) is 0.533. The molecule has 0 aromatic carbocycles. The van der Waals surface area contributed by atoms with Gasteiger partial charge in [-0.1, -0.05) is 6.92 Å². The van der Waals surface area contributed by atoms with Gasteiger partial charge in [0.25, 0.3) is 0 Å². The number of likely N-dealkylation sites (N-methyl/N-ethyl adjacent to an activating group) is 1. The molecular formula is C15H21N3S. The third-order valence-corrected chi connectivity index (χ3v) is 5.06. The topological polar surface area (TPSA) is 29.9 Å². The number of aryl methyl sites for hydroxylation is 2. The first kappa shape index (κ1) is 12.9. The van der Waals surface area contributed by atoms with Crippen LogP contribution in [0.3, 0.4) is 0 Å². The summed E-state index contributed by atoms with van der Waals surface area (Å²) in [5, 5.41) is 5.89. The highest BCUT2D eigenvalue weighted by Crippen LogP contribution is 2.41. The molecule has 0 aliphatic heterocycles. The predicted molar refractivity (Wildman–Crippen MR) is 79.6 cm³/mol. The number of nitrogens with zero attached hydrogens (tertiary/aromatic N) is 2. The van der Waals surface area contributed by atoms with Crippen LogP contribution in [-0.2, 0) is 13.5 Å². The van der Waals surface area contributed by atoms with Crippen LogP contribution < -0.4 is 5.32 Å². The Morgan fingerprint density at radius 3 is 3.21 bits per heavy atom. The zero-order chi connectivity index (χ0) is 13.2. The standard InChI is InChI=1S/C15H21N3S/c1-3-16-14(15-17-8-9-18(15)2)12-5-4-6-13-11(12)7-10-19-13/h7-10,12,14,16H,3-6H2,1-2H3. The summed E-state index contributed by atoms with van der Waals surface area (Å²) in [4.78, 5) is 6.15. The number of fused-ring (bicyclic) bond motifs is 1. The second-order valence-corrected chi connectivity index (χ2v) is 6.23. The van der Waals surface area contributed by atoms with Crippen molar-refractivity contribution in [3.8, 4) is 0 Å². The second-order valence-electron chi connectivity index (χ2n) is 5.23. The summed E-state index contributed by atoms with van der Waals surface area (Å²) in [5.74, 6) is 1.72. The smallest absolute Gasteiger partial charge is 0.126 e. The molecule has 1 aliphatic rings. The molecule has 3 rings (SSSR count). The quantitative estimate of drug-likeness (QED) is 0.928. The fourth-order valence-electron chi connectivity index (χ4n) is 3.18. The Bertz CT molecular complexity index is 543. The van der Waals surface area contributed by atoms with Gasteiger partial charge in [0.05, 0.1) is 6.04 Å². The maximum Gasteiger partial charge on any atom is 0.126 e. The summed E-state index contributed by atoms with van der Waals surface area (Å²) in [5.41, 5.74) is 1.55. The first-order valence-corrected chi connectivity index (χ1v) is 7.96. The maximum atomic E-state index is 4.57. The van der Waals surface area contributed by atoms with E-state index in [9.17, 15) is 0 Å². The van der Waals surface area contributed by atoms with Crippen LogP contribution in [0, 0.1) is 0 Å². The molecule has 0 amide bonds. The molecule has 2 aromatic heterocycles. The summed E-state index contributed by atoms with van der Waals surface area (Å²) in [7, 11) is 2.09. The zero-order valence-corrected chi connectivity index (χ0v) is 12.4. The van der Waals surface area contributed by atoms with E-state index in [4.69, 9.17) is 0 Å². The van der Waals surface area contributed by atoms with Crippen molar-refractivity contribution in [2.75, 3.05) is 6.54 Å². The van der Waals surface area contributed by atoms with Gasteiger partial charge >= 0.3 is 0 Å². The van der Waals surface area contributed by atoms with Crippen molar-refractivity contribution in [3.05, 3.63) is 40.1 Å². The molecule has 0 spiro atoms. The molecule has 2 heterocycles. The second kappa shape index (κ2) is 5.47. The Morgan fingerprint density at radius 1 is 1.58 bits per heavy atom. The molecule has 2 unspecified atom stereocenters. The third-order valence-electron chi connectivity index (χ3n) is 4.06. The van der Waals surface area contributed by atoms with Crippen molar-refractivity contribution in [2.24, 2.45) is 7.05 Å². The summed E-state index contributed by atoms with van der Waals surface area (Å²) in [6.45, 7) is 3.15. The van der Waals surface area contributed by atoms with Gasteiger partial charge in [0.1, 0.15) is 5.82 Å². The number of imidazole rings is 1. The number of nitrogens with one attached hydrogen (secondary N) is 1. The van der Waals surface area contributed by atoms with E-state index < -0.39 is 0 Å². The molecule has 19 heavy (non-hydrogen) atoms. The van der Waals surface area contributed by atoms with E-state index in [0.717, 1.165) is 12.4 Å². The summed E-state index contributed by atoms with van der Waals surface area (Å²) in [6.07, 6.45) is 7.75. The minimum atomic E-state index is 0.332. The zero-order valence-electron chi connectivity index (χ0n) is 11.6. The van der Waals surface area contributed by atoms with Crippen LogP contribution in [0.1, 0.15) is 48.0 Å². The molecular weight excluding hydrogens is 254 g/mol. The van der Waals surface area contributed by atoms with E-state index in [1.165, 1.54) is 19.3 Å². The highest BCUT2D eigenvalue weighted by atomic mass is 32.1. The number of hydrogen-bond acceptors (Lipinski definition) is 3. The number of aromatic nitrogens is 2. The minimum absolute atomic E-state index is 0.332. The van der Waals surface area contributed by atoms with E-state index in [0.29, 0.717) is 12.0 Å². The summed E-state index contributed by atoms with van der Waals surface area (Å²) >= 11 is 1.91. The Labute approximate surface area is 118 Å². The van der Waals surface area contributed by atoms with Crippen LogP contribution >= 0.6 is 11.3 Å². The molecule has 2 atom stereocenters. The van der Waals surface area contributed by atoms with Gasteiger partial charge in [-0.15, -0.1) is 11.3 Å². The number of hydrogen-bond donors (Lipinski definition) is 1. The minimum Gasteiger partial charge on any atom is -0.337 e. The normalized spacial score (nSPS) is 20.2. The molecule has 1 aliphatic carbocycles. The van der Waals surface area contributed by atoms with Gasteiger partial charge in [-0.3, -0.25) is 0 Å². The predicted octanol–water partition coefficient (Wildman–Crippen LogP) is 3.25. The number of rotatable bonds is 4. The van der Waals surface area contributed by atoms with E-state index >= 15 is 0 Å². The van der Waals surface area contributed by atoms with Gasteiger partial charge in [-0.2, -0.15) is 0 Å². The van der Waals surface area contributed by atoms with Crippen molar-refractivity contribution < 1.29 is 0 Å². The SMILES string of the molecule is CCNC(c1nccn1C)C1CCCc2sccc21. The van der Waals surface area contributed by atoms with Crippen LogP contribution in [0.5, 0.6) is 0 Å². The van der Waals surface area contributed by atoms with Crippen molar-refractivity contribution in [2.45, 2.75) is 38.1 Å². The maximum absolute atomic E-state index is 4.57. The highest BCUT2D eigenvalue weighted by Gasteiger charge is 2.31. The lowest BCUT2D eigenvalue weighted by molar-refractivity contribution is 0.389. The van der Waals surface area contributed by atoms with Crippen LogP contribution in [0.2, 0.25) is 0 Å². The Balaban J connectivity index is 1.96. The average molecular weight is 275 g/mol. The highest BCUT2D eigenvalue weighted by molar-refractivity contribution is 7.10. The van der Waals surface area contributed by atoms with Gasteiger partial charge in [-0.25, -0.2) is 4.98 Å². The molecule has 0 fully saturated rings. The molecule has 2 aromatic rings. The summed E-state index contributed by atoms with van der Waals surface area (Å²) < 4.78 is 2.15. The first-order chi connectivity index (χ1) is 9.31. The van der Waals surface area contributed by atoms with Crippen molar-refractivity contribution in [1.29, 1.82) is 0 Å². The largest absolute Gasteiger partial charge is 0.337 e. The van der Waals surface area contributed by atoms with Gasteiger partial charge in [0, 0.05) is 30.2 Å². The van der Waals surface area contributed by atoms with E-state index in [1.807, 2.05) is 23.7 Å². The van der Waals surface area contributed by atoms with Crippen LogP contribution in [0.15, 0.2) is 23.8 Å². The van der Waals surface area contributed by atoms with E-state index in [1.54, 1.807) is 10.4 Å². The lowest BCUT2D eigenvalue weighted by Gasteiger charge is -2.31. The average Bonchev–Trinajstić information content (AvgIpc) is 3.04. The van der Waals surface area contributed by atoms with Crippen LogP contribution in [-0.4, -0.2) is 16.1 Å². The number of thiophene rings is 1. The molecule has 3 nitrogen and oxygen atoms in total. The van der Waals surface area contributed by atoms with Crippen LogP contribution in [0.25, 0.3) is 0 Å². The molecule has 0 radical (unpaired) electrons. The first-order valence-electron chi connectivity index (χ1n) is 7.08. The van der Waals surface area contributed by atoms with Crippen molar-refractivity contribution in [3.63, 3.8) is 0 Å². The van der Waals surface area contributed by atoms with Gasteiger partial charge in [0.2, 0.25) is 0 Å². The third kappa shape index (κ3) is 2.35. The van der Waals surface area contributed by atoms with E-state index in [2.05, 4.69) is 40.3 Å². The lowest BCUT2D eigenvalue weighted by Crippen LogP contribution is -2.30. The Kier molecular flexibility index (Phi) is 3.71. The molecule has 0 saturated carbocycles. The molecule has 1 N–H and O–H groups in total. The van der Waals surface area contributed by atoms with Gasteiger partial charge < -0.3 is 9.88 Å². The fourth-order valence-corrected chi connectivity index (χ4v) is 4.18. The van der Waals surface area contributed by atoms with E-state index in [-0.39, 0.29) is 0 Å². The van der Waals surface area contributed by atoms with Crippen molar-refractivity contribution >= 4 is 11.3 Å². The monoisotopic (exact) mass is 275 g/mol. The molecule has 4 heteroatoms. The van der Waals surface area contributed by atoms with Crippen molar-refractivity contribution in [1.82, 2.24) is 14.9 Å². The summed E-state index contributed by atoms with van der Waals surface area (Å²) in [6, 6.07) is 2.65. The molecule has 102 valence electrons. The molecule has 0 bridgehead atoms. The van der Waals surface area contributed by atoms with Gasteiger partial charge in [0.15, 0.2) is 0 Å². The Morgan fingerprint density at radius 2 is 2.47 bits per heavy atom. The lowest BCUT2D eigenvalue weighted by atomic mass is 9.82. The van der Waals surface area contributed by atoms with Crippen LogP contribution in [0.4, 0.5) is 0 Å².